The van der Waals surface area contributed by atoms with Crippen LogP contribution in [0.25, 0.3) is 0 Å². The highest BCUT2D eigenvalue weighted by atomic mass is 16.6. The molecule has 0 aromatic heterocycles. The number of carbonyl (C=O) groups is 2. The molecule has 0 saturated carbocycles. The maximum Gasteiger partial charge on any atom is 0.306 e. The molecule has 0 radical (unpaired) electrons. The fraction of sp³-hybridized carbons (Fsp3) is 0.898. The maximum atomic E-state index is 12.8. The number of esters is 2. The zero-order valence-electron chi connectivity index (χ0n) is 43.6. The molecule has 0 aromatic rings. The van der Waals surface area contributed by atoms with Gasteiger partial charge in [-0.25, -0.2) is 0 Å². The smallest absolute Gasteiger partial charge is 0.306 e. The SMILES string of the molecule is CCCCCC/C=C\CCCCCCCCCC(=O)O[C@H](COCCCCCCCCCCCCCCCCCC)COC(=O)CCCCCCCCC/C=C\CCCCCCCC. The summed E-state index contributed by atoms with van der Waals surface area (Å²) < 4.78 is 17.5. The Morgan fingerprint density at radius 2 is 0.609 bits per heavy atom. The molecule has 0 rings (SSSR count). The van der Waals surface area contributed by atoms with Gasteiger partial charge in [0.05, 0.1) is 6.61 Å². The molecule has 0 aliphatic heterocycles. The molecule has 0 heterocycles. The Bertz CT molecular complexity index is 974. The van der Waals surface area contributed by atoms with Crippen LogP contribution in [-0.2, 0) is 23.8 Å². The highest BCUT2D eigenvalue weighted by Crippen LogP contribution is 2.16. The highest BCUT2D eigenvalue weighted by Gasteiger charge is 2.17. The van der Waals surface area contributed by atoms with Crippen molar-refractivity contribution in [3.63, 3.8) is 0 Å². The number of ether oxygens (including phenoxy) is 3. The average Bonchev–Trinajstić information content (AvgIpc) is 3.30. The molecule has 0 bridgehead atoms. The van der Waals surface area contributed by atoms with Crippen molar-refractivity contribution < 1.29 is 23.8 Å². The van der Waals surface area contributed by atoms with E-state index in [1.54, 1.807) is 0 Å². The molecule has 0 saturated heterocycles. The molecule has 0 aliphatic rings. The summed E-state index contributed by atoms with van der Waals surface area (Å²) in [5.41, 5.74) is 0. The topological polar surface area (TPSA) is 61.8 Å². The van der Waals surface area contributed by atoms with Crippen LogP contribution < -0.4 is 0 Å². The molecule has 0 aromatic carbocycles. The molecular weight excluding hydrogens is 789 g/mol. The highest BCUT2D eigenvalue weighted by molar-refractivity contribution is 5.70. The van der Waals surface area contributed by atoms with Crippen molar-refractivity contribution in [3.8, 4) is 0 Å². The molecular formula is C59H112O5. The first-order valence-corrected chi connectivity index (χ1v) is 28.9. The molecule has 0 aliphatic carbocycles. The summed E-state index contributed by atoms with van der Waals surface area (Å²) in [5, 5.41) is 0. The lowest BCUT2D eigenvalue weighted by Crippen LogP contribution is -2.30. The molecule has 1 atom stereocenters. The van der Waals surface area contributed by atoms with Crippen molar-refractivity contribution in [2.45, 2.75) is 322 Å². The summed E-state index contributed by atoms with van der Waals surface area (Å²) >= 11 is 0. The predicted octanol–water partition coefficient (Wildman–Crippen LogP) is 19.6. The van der Waals surface area contributed by atoms with Gasteiger partial charge in [0.2, 0.25) is 0 Å². The van der Waals surface area contributed by atoms with Gasteiger partial charge in [-0.2, -0.15) is 0 Å². The van der Waals surface area contributed by atoms with Gasteiger partial charge in [0.25, 0.3) is 0 Å². The molecule has 64 heavy (non-hydrogen) atoms. The summed E-state index contributed by atoms with van der Waals surface area (Å²) in [4.78, 5) is 25.5. The standard InChI is InChI=1S/C59H112O5/c1-4-7-10-13-16-19-22-25-28-30-32-34-37-40-43-46-49-52-58(60)63-56-57(55-62-54-51-48-45-42-39-36-33-29-26-23-20-17-14-11-8-5-2)64-59(61)53-50-47-44-41-38-35-31-27-24-21-18-15-12-9-6-3/h21,24-25,28,57H,4-20,22-23,26-27,29-56H2,1-3H3/b24-21-,28-25-/t57-/m1/s1. The summed E-state index contributed by atoms with van der Waals surface area (Å²) in [5.74, 6) is -0.386. The molecule has 0 unspecified atom stereocenters. The first-order valence-electron chi connectivity index (χ1n) is 28.9. The van der Waals surface area contributed by atoms with E-state index in [1.165, 1.54) is 250 Å². The van der Waals surface area contributed by atoms with Crippen molar-refractivity contribution in [1.29, 1.82) is 0 Å². The Labute approximate surface area is 400 Å². The van der Waals surface area contributed by atoms with Crippen LogP contribution >= 0.6 is 0 Å². The van der Waals surface area contributed by atoms with Crippen LogP contribution in [0, 0.1) is 0 Å². The van der Waals surface area contributed by atoms with E-state index in [0.717, 1.165) is 32.1 Å². The van der Waals surface area contributed by atoms with Gasteiger partial charge in [-0.15, -0.1) is 0 Å². The van der Waals surface area contributed by atoms with Gasteiger partial charge >= 0.3 is 11.9 Å². The van der Waals surface area contributed by atoms with Crippen molar-refractivity contribution in [3.05, 3.63) is 24.3 Å². The van der Waals surface area contributed by atoms with Crippen LogP contribution in [-0.4, -0.2) is 37.9 Å². The third-order valence-electron chi connectivity index (χ3n) is 13.0. The molecule has 5 nitrogen and oxygen atoms in total. The molecule has 0 fully saturated rings. The molecule has 0 amide bonds. The summed E-state index contributed by atoms with van der Waals surface area (Å²) in [7, 11) is 0. The number of hydrogen-bond acceptors (Lipinski definition) is 5. The zero-order chi connectivity index (χ0) is 46.3. The fourth-order valence-corrected chi connectivity index (χ4v) is 8.62. The number of hydrogen-bond donors (Lipinski definition) is 0. The molecule has 5 heteroatoms. The largest absolute Gasteiger partial charge is 0.462 e. The molecule has 378 valence electrons. The Morgan fingerprint density at radius 3 is 0.969 bits per heavy atom. The first kappa shape index (κ1) is 62.4. The summed E-state index contributed by atoms with van der Waals surface area (Å²) in [6.07, 6.45) is 66.2. The lowest BCUT2D eigenvalue weighted by atomic mass is 10.0. The monoisotopic (exact) mass is 901 g/mol. The summed E-state index contributed by atoms with van der Waals surface area (Å²) in [6, 6.07) is 0. The number of allylic oxidation sites excluding steroid dienone is 4. The van der Waals surface area contributed by atoms with Gasteiger partial charge in [0, 0.05) is 19.4 Å². The van der Waals surface area contributed by atoms with Gasteiger partial charge < -0.3 is 14.2 Å². The minimum Gasteiger partial charge on any atom is -0.462 e. The minimum absolute atomic E-state index is 0.0883. The molecule has 0 spiro atoms. The zero-order valence-corrected chi connectivity index (χ0v) is 43.6. The van der Waals surface area contributed by atoms with E-state index < -0.39 is 6.10 Å². The van der Waals surface area contributed by atoms with Crippen molar-refractivity contribution in [2.75, 3.05) is 19.8 Å². The maximum absolute atomic E-state index is 12.8. The van der Waals surface area contributed by atoms with Gasteiger partial charge in [0.1, 0.15) is 6.61 Å². The van der Waals surface area contributed by atoms with E-state index >= 15 is 0 Å². The Morgan fingerprint density at radius 1 is 0.328 bits per heavy atom. The molecule has 0 N–H and O–H groups in total. The van der Waals surface area contributed by atoms with Crippen molar-refractivity contribution in [1.82, 2.24) is 0 Å². The van der Waals surface area contributed by atoms with Crippen LogP contribution in [0.1, 0.15) is 316 Å². The van der Waals surface area contributed by atoms with E-state index in [2.05, 4.69) is 45.1 Å². The first-order chi connectivity index (χ1) is 31.6. The fourth-order valence-electron chi connectivity index (χ4n) is 8.62. The number of rotatable bonds is 54. The average molecular weight is 902 g/mol. The van der Waals surface area contributed by atoms with E-state index in [-0.39, 0.29) is 18.5 Å². The quantitative estimate of drug-likeness (QED) is 0.0346. The van der Waals surface area contributed by atoms with Gasteiger partial charge in [0.15, 0.2) is 6.10 Å². The van der Waals surface area contributed by atoms with Crippen molar-refractivity contribution in [2.24, 2.45) is 0 Å². The van der Waals surface area contributed by atoms with E-state index in [1.807, 2.05) is 0 Å². The second kappa shape index (κ2) is 55.7. The van der Waals surface area contributed by atoms with E-state index in [0.29, 0.717) is 26.1 Å². The van der Waals surface area contributed by atoms with Crippen LogP contribution in [0.5, 0.6) is 0 Å². The number of unbranched alkanes of at least 4 members (excludes halogenated alkanes) is 39. The van der Waals surface area contributed by atoms with E-state index in [4.69, 9.17) is 14.2 Å². The van der Waals surface area contributed by atoms with Crippen LogP contribution in [0.2, 0.25) is 0 Å². The third kappa shape index (κ3) is 53.0. The Balaban J connectivity index is 4.23. The predicted molar refractivity (Wildman–Crippen MR) is 279 cm³/mol. The van der Waals surface area contributed by atoms with E-state index in [9.17, 15) is 9.59 Å². The van der Waals surface area contributed by atoms with Crippen LogP contribution in [0.4, 0.5) is 0 Å². The second-order valence-electron chi connectivity index (χ2n) is 19.5. The number of carbonyl (C=O) groups excluding carboxylic acids is 2. The van der Waals surface area contributed by atoms with Gasteiger partial charge in [-0.3, -0.25) is 9.59 Å². The van der Waals surface area contributed by atoms with Gasteiger partial charge in [-0.05, 0) is 70.6 Å². The second-order valence-corrected chi connectivity index (χ2v) is 19.5. The van der Waals surface area contributed by atoms with Gasteiger partial charge in [-0.1, -0.05) is 257 Å². The summed E-state index contributed by atoms with van der Waals surface area (Å²) in [6.45, 7) is 7.87. The Kier molecular flexibility index (Phi) is 54.3. The lowest BCUT2D eigenvalue weighted by Gasteiger charge is -2.18. The third-order valence-corrected chi connectivity index (χ3v) is 13.0. The lowest BCUT2D eigenvalue weighted by molar-refractivity contribution is -0.163. The Hall–Kier alpha value is -1.62. The minimum atomic E-state index is -0.534. The van der Waals surface area contributed by atoms with Crippen LogP contribution in [0.15, 0.2) is 24.3 Å². The van der Waals surface area contributed by atoms with Crippen LogP contribution in [0.3, 0.4) is 0 Å². The van der Waals surface area contributed by atoms with Crippen molar-refractivity contribution >= 4 is 11.9 Å². The normalized spacial score (nSPS) is 12.2.